The second kappa shape index (κ2) is 10.4. The number of likely N-dealkylation sites (N-methyl/N-ethyl adjacent to an activating group) is 1. The number of sulfonamides is 1. The summed E-state index contributed by atoms with van der Waals surface area (Å²) in [5.74, 6) is -0.143. The molecule has 180 valence electrons. The fourth-order valence-electron chi connectivity index (χ4n) is 4.18. The molecular formula is C25H29N3O5S. The van der Waals surface area contributed by atoms with Crippen molar-refractivity contribution in [1.29, 1.82) is 0 Å². The molecule has 34 heavy (non-hydrogen) atoms. The average molecular weight is 484 g/mol. The Morgan fingerprint density at radius 3 is 2.35 bits per heavy atom. The topological polar surface area (TPSA) is 96.0 Å². The van der Waals surface area contributed by atoms with E-state index in [9.17, 15) is 18.0 Å². The summed E-state index contributed by atoms with van der Waals surface area (Å²) in [4.78, 5) is 26.9. The molecule has 2 heterocycles. The zero-order chi connectivity index (χ0) is 24.1. The Morgan fingerprint density at radius 1 is 1.00 bits per heavy atom. The summed E-state index contributed by atoms with van der Waals surface area (Å²) in [5, 5.41) is 2.55. The van der Waals surface area contributed by atoms with Gasteiger partial charge in [-0.15, -0.1) is 0 Å². The van der Waals surface area contributed by atoms with Gasteiger partial charge in [0.2, 0.25) is 10.0 Å². The fraction of sp³-hybridized carbons (Fsp3) is 0.360. The van der Waals surface area contributed by atoms with Crippen LogP contribution in [0.1, 0.15) is 31.2 Å². The van der Waals surface area contributed by atoms with E-state index < -0.39 is 16.1 Å². The van der Waals surface area contributed by atoms with Gasteiger partial charge in [-0.2, -0.15) is 4.31 Å². The van der Waals surface area contributed by atoms with E-state index in [4.69, 9.17) is 4.74 Å². The third-order valence-corrected chi connectivity index (χ3v) is 7.99. The molecule has 0 radical (unpaired) electrons. The van der Waals surface area contributed by atoms with Gasteiger partial charge in [0.25, 0.3) is 11.8 Å². The number of hydrogen-bond acceptors (Lipinski definition) is 5. The maximum absolute atomic E-state index is 13.0. The predicted molar refractivity (Wildman–Crippen MR) is 130 cm³/mol. The quantitative estimate of drug-likeness (QED) is 0.660. The standard InChI is InChI=1S/C25H29N3O5S/c1-26-25(30)23-18-28(21-8-4-5-9-22(21)33-23)24(29)15-12-19-10-13-20(14-11-19)34(31,32)27-16-6-2-3-7-17-27/h4-5,8-15,23H,2-3,6-7,16-18H2,1H3,(H,26,30)/b15-12+/t23-/m0/s1. The maximum atomic E-state index is 13.0. The summed E-state index contributed by atoms with van der Waals surface area (Å²) in [6.07, 6.45) is 6.13. The molecule has 8 nitrogen and oxygen atoms in total. The minimum atomic E-state index is -3.52. The van der Waals surface area contributed by atoms with Crippen molar-refractivity contribution in [2.75, 3.05) is 31.6 Å². The van der Waals surface area contributed by atoms with Gasteiger partial charge < -0.3 is 15.0 Å². The van der Waals surface area contributed by atoms with Crippen molar-refractivity contribution >= 4 is 33.6 Å². The largest absolute Gasteiger partial charge is 0.477 e. The molecular weight excluding hydrogens is 454 g/mol. The van der Waals surface area contributed by atoms with Gasteiger partial charge in [-0.1, -0.05) is 37.1 Å². The van der Waals surface area contributed by atoms with E-state index >= 15 is 0 Å². The molecule has 0 aromatic heterocycles. The number of para-hydroxylation sites is 2. The lowest BCUT2D eigenvalue weighted by molar-refractivity contribution is -0.127. The van der Waals surface area contributed by atoms with Crippen LogP contribution in [-0.4, -0.2) is 57.3 Å². The first-order chi connectivity index (χ1) is 16.4. The van der Waals surface area contributed by atoms with Crippen LogP contribution in [0.5, 0.6) is 5.75 Å². The third kappa shape index (κ3) is 5.15. The lowest BCUT2D eigenvalue weighted by Crippen LogP contribution is -2.49. The lowest BCUT2D eigenvalue weighted by atomic mass is 10.1. The Balaban J connectivity index is 1.49. The summed E-state index contributed by atoms with van der Waals surface area (Å²) in [6, 6.07) is 13.6. The zero-order valence-corrected chi connectivity index (χ0v) is 20.0. The molecule has 0 bridgehead atoms. The summed E-state index contributed by atoms with van der Waals surface area (Å²) >= 11 is 0. The molecule has 2 aliphatic heterocycles. The van der Waals surface area contributed by atoms with Gasteiger partial charge in [0.15, 0.2) is 6.10 Å². The first-order valence-corrected chi connectivity index (χ1v) is 12.9. The van der Waals surface area contributed by atoms with Crippen LogP contribution in [0.3, 0.4) is 0 Å². The highest BCUT2D eigenvalue weighted by Crippen LogP contribution is 2.33. The maximum Gasteiger partial charge on any atom is 0.262 e. The molecule has 1 fully saturated rings. The Kier molecular flexibility index (Phi) is 7.33. The molecule has 0 saturated carbocycles. The van der Waals surface area contributed by atoms with Gasteiger partial charge in [-0.05, 0) is 48.7 Å². The normalized spacial score (nSPS) is 19.2. The number of rotatable bonds is 5. The van der Waals surface area contributed by atoms with Gasteiger partial charge in [0, 0.05) is 26.2 Å². The number of carbonyl (C=O) groups is 2. The van der Waals surface area contributed by atoms with Crippen LogP contribution in [0.15, 0.2) is 59.5 Å². The molecule has 1 saturated heterocycles. The number of amides is 2. The van der Waals surface area contributed by atoms with Gasteiger partial charge in [-0.3, -0.25) is 9.59 Å². The van der Waals surface area contributed by atoms with E-state index in [0.29, 0.717) is 30.1 Å². The number of nitrogens with zero attached hydrogens (tertiary/aromatic N) is 2. The number of nitrogens with one attached hydrogen (secondary N) is 1. The summed E-state index contributed by atoms with van der Waals surface area (Å²) in [5.41, 5.74) is 1.30. The van der Waals surface area contributed by atoms with E-state index in [1.165, 1.54) is 18.0 Å². The SMILES string of the molecule is CNC(=O)[C@@H]1CN(C(=O)/C=C/c2ccc(S(=O)(=O)N3CCCCCC3)cc2)c2ccccc2O1. The summed E-state index contributed by atoms with van der Waals surface area (Å²) < 4.78 is 33.2. The zero-order valence-electron chi connectivity index (χ0n) is 19.1. The van der Waals surface area contributed by atoms with E-state index in [1.54, 1.807) is 58.9 Å². The van der Waals surface area contributed by atoms with Crippen LogP contribution in [0.25, 0.3) is 6.08 Å². The van der Waals surface area contributed by atoms with E-state index in [1.807, 2.05) is 0 Å². The molecule has 0 aliphatic carbocycles. The fourth-order valence-corrected chi connectivity index (χ4v) is 5.70. The van der Waals surface area contributed by atoms with Crippen LogP contribution in [-0.2, 0) is 19.6 Å². The van der Waals surface area contributed by atoms with E-state index in [0.717, 1.165) is 25.7 Å². The van der Waals surface area contributed by atoms with Gasteiger partial charge in [0.1, 0.15) is 5.75 Å². The second-order valence-corrected chi connectivity index (χ2v) is 10.3. The highest BCUT2D eigenvalue weighted by Gasteiger charge is 2.32. The van der Waals surface area contributed by atoms with Crippen molar-refractivity contribution in [3.05, 3.63) is 60.2 Å². The van der Waals surface area contributed by atoms with Crippen LogP contribution >= 0.6 is 0 Å². The van der Waals surface area contributed by atoms with Gasteiger partial charge in [0.05, 0.1) is 17.1 Å². The lowest BCUT2D eigenvalue weighted by Gasteiger charge is -2.33. The van der Waals surface area contributed by atoms with Crippen molar-refractivity contribution in [3.63, 3.8) is 0 Å². The van der Waals surface area contributed by atoms with Crippen LogP contribution in [0, 0.1) is 0 Å². The Labute approximate surface area is 200 Å². The molecule has 9 heteroatoms. The smallest absolute Gasteiger partial charge is 0.262 e. The summed E-state index contributed by atoms with van der Waals surface area (Å²) in [7, 11) is -2.00. The molecule has 2 aromatic rings. The number of hydrogen-bond donors (Lipinski definition) is 1. The molecule has 1 atom stereocenters. The number of carbonyl (C=O) groups excluding carboxylic acids is 2. The van der Waals surface area contributed by atoms with Crippen molar-refractivity contribution < 1.29 is 22.7 Å². The molecule has 4 rings (SSSR count). The summed E-state index contributed by atoms with van der Waals surface area (Å²) in [6.45, 7) is 1.19. The molecule has 1 N–H and O–H groups in total. The molecule has 2 aliphatic rings. The Morgan fingerprint density at radius 2 is 1.68 bits per heavy atom. The average Bonchev–Trinajstić information content (AvgIpc) is 3.16. The van der Waals surface area contributed by atoms with E-state index in [-0.39, 0.29) is 23.3 Å². The van der Waals surface area contributed by atoms with Crippen LogP contribution in [0.2, 0.25) is 0 Å². The first kappa shape index (κ1) is 24.0. The third-order valence-electron chi connectivity index (χ3n) is 6.08. The van der Waals surface area contributed by atoms with Gasteiger partial charge in [-0.25, -0.2) is 8.42 Å². The Hall–Kier alpha value is -3.17. The number of fused-ring (bicyclic) bond motifs is 1. The van der Waals surface area contributed by atoms with Crippen molar-refractivity contribution in [2.45, 2.75) is 36.7 Å². The number of ether oxygens (including phenoxy) is 1. The first-order valence-electron chi connectivity index (χ1n) is 11.5. The highest BCUT2D eigenvalue weighted by molar-refractivity contribution is 7.89. The van der Waals surface area contributed by atoms with Gasteiger partial charge >= 0.3 is 0 Å². The predicted octanol–water partition coefficient (Wildman–Crippen LogP) is 2.80. The number of benzene rings is 2. The Bertz CT molecular complexity index is 1170. The van der Waals surface area contributed by atoms with E-state index in [2.05, 4.69) is 5.32 Å². The minimum Gasteiger partial charge on any atom is -0.477 e. The molecule has 2 amide bonds. The molecule has 2 aromatic carbocycles. The van der Waals surface area contributed by atoms with Crippen molar-refractivity contribution in [2.24, 2.45) is 0 Å². The van der Waals surface area contributed by atoms with Crippen LogP contribution in [0.4, 0.5) is 5.69 Å². The molecule has 0 unspecified atom stereocenters. The van der Waals surface area contributed by atoms with Crippen molar-refractivity contribution in [1.82, 2.24) is 9.62 Å². The second-order valence-electron chi connectivity index (χ2n) is 8.36. The van der Waals surface area contributed by atoms with Crippen molar-refractivity contribution in [3.8, 4) is 5.75 Å². The minimum absolute atomic E-state index is 0.0902. The van der Waals surface area contributed by atoms with Crippen LogP contribution < -0.4 is 15.0 Å². The highest BCUT2D eigenvalue weighted by atomic mass is 32.2. The molecule has 0 spiro atoms. The monoisotopic (exact) mass is 483 g/mol. The number of anilines is 1.